The Bertz CT molecular complexity index is 445. The highest BCUT2D eigenvalue weighted by atomic mass is 16.4. The zero-order chi connectivity index (χ0) is 9.97. The number of aromatic nitrogens is 1. The van der Waals surface area contributed by atoms with Crippen LogP contribution in [0.1, 0.15) is 0 Å². The third kappa shape index (κ3) is 1.52. The zero-order valence-electron chi connectivity index (χ0n) is 7.34. The Balaban J connectivity index is 2.39. The topological polar surface area (TPSA) is 42.2 Å². The Hall–Kier alpha value is -2.03. The lowest BCUT2D eigenvalue weighted by atomic mass is 10.1. The van der Waals surface area contributed by atoms with E-state index in [2.05, 4.69) is 6.20 Å². The Morgan fingerprint density at radius 2 is 1.93 bits per heavy atom. The monoisotopic (exact) mass is 186 g/mol. The molecular formula is C11H8NO2. The Kier molecular flexibility index (Phi) is 2.07. The summed E-state index contributed by atoms with van der Waals surface area (Å²) in [6.07, 6.45) is 3.20. The van der Waals surface area contributed by atoms with Gasteiger partial charge in [0.25, 0.3) is 0 Å². The fourth-order valence-electron chi connectivity index (χ4n) is 1.24. The minimum Gasteiger partial charge on any atom is -0.464 e. The lowest BCUT2D eigenvalue weighted by Crippen LogP contribution is -2.04. The molecule has 0 saturated carbocycles. The van der Waals surface area contributed by atoms with Gasteiger partial charge in [0.1, 0.15) is 0 Å². The third-order valence-electron chi connectivity index (χ3n) is 1.92. The average molecular weight is 186 g/mol. The summed E-state index contributed by atoms with van der Waals surface area (Å²) in [5.41, 5.74) is 1.75. The van der Waals surface area contributed by atoms with E-state index >= 15 is 0 Å². The summed E-state index contributed by atoms with van der Waals surface area (Å²) in [6.45, 7) is 0. The van der Waals surface area contributed by atoms with Gasteiger partial charge in [0.15, 0.2) is 0 Å². The van der Waals surface area contributed by atoms with Crippen LogP contribution in [-0.4, -0.2) is 15.8 Å². The zero-order valence-corrected chi connectivity index (χ0v) is 7.34. The van der Waals surface area contributed by atoms with Gasteiger partial charge in [0.05, 0.1) is 6.20 Å². The van der Waals surface area contributed by atoms with Crippen LogP contribution in [0.3, 0.4) is 0 Å². The molecule has 1 N–H and O–H groups in total. The van der Waals surface area contributed by atoms with Crippen molar-refractivity contribution < 1.29 is 9.90 Å². The number of rotatable bonds is 1. The van der Waals surface area contributed by atoms with Crippen LogP contribution in [0.4, 0.5) is 4.79 Å². The summed E-state index contributed by atoms with van der Waals surface area (Å²) < 4.78 is 1.02. The second-order valence-corrected chi connectivity index (χ2v) is 2.86. The molecule has 14 heavy (non-hydrogen) atoms. The van der Waals surface area contributed by atoms with Gasteiger partial charge in [0, 0.05) is 11.8 Å². The molecule has 3 nitrogen and oxygen atoms in total. The van der Waals surface area contributed by atoms with Crippen molar-refractivity contribution in [2.45, 2.75) is 0 Å². The summed E-state index contributed by atoms with van der Waals surface area (Å²) in [6, 6.07) is 11.3. The van der Waals surface area contributed by atoms with Gasteiger partial charge in [0.2, 0.25) is 0 Å². The molecule has 0 atom stereocenters. The van der Waals surface area contributed by atoms with Crippen molar-refractivity contribution in [3.8, 4) is 11.1 Å². The normalized spacial score (nSPS) is 10.0. The van der Waals surface area contributed by atoms with Crippen molar-refractivity contribution in [3.63, 3.8) is 0 Å². The minimum atomic E-state index is -1.02. The van der Waals surface area contributed by atoms with E-state index < -0.39 is 6.09 Å². The highest BCUT2D eigenvalue weighted by Crippen LogP contribution is 2.17. The molecule has 0 amide bonds. The number of carbonyl (C=O) groups is 1. The van der Waals surface area contributed by atoms with Gasteiger partial charge >= 0.3 is 6.09 Å². The van der Waals surface area contributed by atoms with E-state index in [-0.39, 0.29) is 0 Å². The maximum Gasteiger partial charge on any atom is 0.416 e. The summed E-state index contributed by atoms with van der Waals surface area (Å²) in [4.78, 5) is 10.6. The van der Waals surface area contributed by atoms with Crippen LogP contribution in [-0.2, 0) is 0 Å². The van der Waals surface area contributed by atoms with Crippen LogP contribution in [0.2, 0.25) is 0 Å². The standard InChI is InChI=1S/C11H8NO2/c13-11(14)12-7-6-10(8-12)9-4-2-1-3-5-9/h1-7H,(H,13,14). The van der Waals surface area contributed by atoms with Crippen molar-refractivity contribution in [2.75, 3.05) is 0 Å². The van der Waals surface area contributed by atoms with Gasteiger partial charge < -0.3 is 5.11 Å². The quantitative estimate of drug-likeness (QED) is 0.743. The molecule has 0 unspecified atom stereocenters. The molecule has 0 bridgehead atoms. The first kappa shape index (κ1) is 8.56. The fraction of sp³-hybridized carbons (Fsp3) is 0. The SMILES string of the molecule is O=C(O)n1[c]c(-c2ccccc2)cc1. The third-order valence-corrected chi connectivity index (χ3v) is 1.92. The molecule has 1 heterocycles. The smallest absolute Gasteiger partial charge is 0.416 e. The highest BCUT2D eigenvalue weighted by Gasteiger charge is 2.04. The van der Waals surface area contributed by atoms with Gasteiger partial charge in [-0.3, -0.25) is 4.57 Å². The van der Waals surface area contributed by atoms with Gasteiger partial charge in [-0.05, 0) is 11.6 Å². The summed E-state index contributed by atoms with van der Waals surface area (Å²) in [5, 5.41) is 8.68. The molecule has 69 valence electrons. The second kappa shape index (κ2) is 3.38. The van der Waals surface area contributed by atoms with Crippen LogP contribution in [0.25, 0.3) is 11.1 Å². The average Bonchev–Trinajstić information content (AvgIpc) is 2.68. The molecule has 0 aliphatic carbocycles. The van der Waals surface area contributed by atoms with E-state index in [1.165, 1.54) is 6.20 Å². The van der Waals surface area contributed by atoms with Crippen LogP contribution >= 0.6 is 0 Å². The molecule has 2 aromatic rings. The van der Waals surface area contributed by atoms with Gasteiger partial charge in [-0.2, -0.15) is 0 Å². The van der Waals surface area contributed by atoms with E-state index in [4.69, 9.17) is 5.11 Å². The molecule has 0 fully saturated rings. The van der Waals surface area contributed by atoms with E-state index in [1.54, 1.807) is 6.07 Å². The number of nitrogens with zero attached hydrogens (tertiary/aromatic N) is 1. The van der Waals surface area contributed by atoms with Crippen LogP contribution in [0.5, 0.6) is 0 Å². The highest BCUT2D eigenvalue weighted by molar-refractivity contribution is 5.71. The van der Waals surface area contributed by atoms with Crippen molar-refractivity contribution >= 4 is 6.09 Å². The Labute approximate surface area is 81.2 Å². The molecule has 0 spiro atoms. The predicted octanol–water partition coefficient (Wildman–Crippen LogP) is 2.48. The van der Waals surface area contributed by atoms with E-state index in [0.29, 0.717) is 0 Å². The van der Waals surface area contributed by atoms with Crippen LogP contribution in [0.15, 0.2) is 42.6 Å². The van der Waals surface area contributed by atoms with Gasteiger partial charge in [-0.15, -0.1) is 0 Å². The molecule has 1 radical (unpaired) electrons. The fourth-order valence-corrected chi connectivity index (χ4v) is 1.24. The first-order valence-electron chi connectivity index (χ1n) is 4.17. The maximum atomic E-state index is 10.6. The molecule has 1 aromatic heterocycles. The number of hydrogen-bond donors (Lipinski definition) is 1. The van der Waals surface area contributed by atoms with Crippen molar-refractivity contribution in [1.82, 2.24) is 4.57 Å². The number of hydrogen-bond acceptors (Lipinski definition) is 1. The number of benzene rings is 1. The van der Waals surface area contributed by atoms with Crippen molar-refractivity contribution in [2.24, 2.45) is 0 Å². The Morgan fingerprint density at radius 3 is 2.50 bits per heavy atom. The van der Waals surface area contributed by atoms with Gasteiger partial charge in [-0.1, -0.05) is 30.3 Å². The lowest BCUT2D eigenvalue weighted by molar-refractivity contribution is 0.196. The lowest BCUT2D eigenvalue weighted by Gasteiger charge is -1.94. The number of carboxylic acid groups (broad SMARTS) is 1. The minimum absolute atomic E-state index is 0.785. The summed E-state index contributed by atoms with van der Waals surface area (Å²) in [5.74, 6) is 0. The summed E-state index contributed by atoms with van der Waals surface area (Å²) in [7, 11) is 0. The molecule has 3 heteroatoms. The van der Waals surface area contributed by atoms with E-state index in [9.17, 15) is 4.79 Å². The molecular weight excluding hydrogens is 178 g/mol. The predicted molar refractivity (Wildman–Crippen MR) is 52.1 cm³/mol. The van der Waals surface area contributed by atoms with Crippen LogP contribution < -0.4 is 0 Å². The largest absolute Gasteiger partial charge is 0.464 e. The Morgan fingerprint density at radius 1 is 1.21 bits per heavy atom. The van der Waals surface area contributed by atoms with E-state index in [1.807, 2.05) is 30.3 Å². The first-order chi connectivity index (χ1) is 6.77. The first-order valence-corrected chi connectivity index (χ1v) is 4.17. The van der Waals surface area contributed by atoms with Gasteiger partial charge in [-0.25, -0.2) is 4.79 Å². The molecule has 1 aromatic carbocycles. The van der Waals surface area contributed by atoms with Crippen molar-refractivity contribution in [3.05, 3.63) is 48.8 Å². The molecule has 0 aliphatic heterocycles. The molecule has 2 rings (SSSR count). The second-order valence-electron chi connectivity index (χ2n) is 2.86. The molecule has 0 aliphatic rings. The molecule has 0 saturated heterocycles. The summed E-state index contributed by atoms with van der Waals surface area (Å²) >= 11 is 0. The maximum absolute atomic E-state index is 10.6. The van der Waals surface area contributed by atoms with E-state index in [0.717, 1.165) is 15.7 Å². The van der Waals surface area contributed by atoms with Crippen molar-refractivity contribution in [1.29, 1.82) is 0 Å². The van der Waals surface area contributed by atoms with Crippen LogP contribution in [0, 0.1) is 6.20 Å².